The van der Waals surface area contributed by atoms with E-state index in [0.29, 0.717) is 16.5 Å². The number of benzene rings is 2. The molecule has 0 fully saturated rings. The molecule has 0 radical (unpaired) electrons. The Hall–Kier alpha value is -2.81. The number of hydrogen-bond donors (Lipinski definition) is 1. The molecule has 4 aromatic rings. The van der Waals surface area contributed by atoms with Crippen LogP contribution in [-0.4, -0.2) is 20.5 Å². The summed E-state index contributed by atoms with van der Waals surface area (Å²) in [4.78, 5) is 5.09. The fraction of sp³-hybridized carbons (Fsp3) is 0.0500. The number of hydrogen-bond acceptors (Lipinski definition) is 7. The molecular weight excluding hydrogens is 432 g/mol. The molecule has 9 heteroatoms. The van der Waals surface area contributed by atoms with E-state index >= 15 is 0 Å². The maximum atomic E-state index is 13.2. The number of oxazole rings is 1. The normalized spacial score (nSPS) is 11.4. The quantitative estimate of drug-likeness (QED) is 0.412. The minimum atomic E-state index is -3.94. The van der Waals surface area contributed by atoms with Crippen molar-refractivity contribution < 1.29 is 17.6 Å². The molecule has 0 bridgehead atoms. The van der Waals surface area contributed by atoms with Crippen molar-refractivity contribution in [3.05, 3.63) is 71.1 Å². The number of halogens is 1. The second-order valence-corrected chi connectivity index (χ2v) is 9.19. The lowest BCUT2D eigenvalue weighted by Crippen LogP contribution is -2.05. The van der Waals surface area contributed by atoms with Crippen LogP contribution in [0, 0.1) is 0 Å². The zero-order valence-corrected chi connectivity index (χ0v) is 17.5. The lowest BCUT2D eigenvalue weighted by molar-refractivity contribution is 0.415. The highest BCUT2D eigenvalue weighted by molar-refractivity contribution is 7.91. The number of nitrogens with one attached hydrogen (secondary N) is 1. The second kappa shape index (κ2) is 7.90. The third-order valence-corrected chi connectivity index (χ3v) is 6.84. The summed E-state index contributed by atoms with van der Waals surface area (Å²) in [5.41, 5.74) is 0.632. The van der Waals surface area contributed by atoms with Crippen molar-refractivity contribution in [1.82, 2.24) is 4.98 Å². The molecule has 6 nitrogen and oxygen atoms in total. The zero-order valence-electron chi connectivity index (χ0n) is 15.1. The van der Waals surface area contributed by atoms with Crippen LogP contribution in [0.5, 0.6) is 5.75 Å². The Bertz CT molecular complexity index is 1220. The molecule has 148 valence electrons. The average Bonchev–Trinajstić information content (AvgIpc) is 3.39. The Morgan fingerprint density at radius 3 is 2.41 bits per heavy atom. The molecule has 29 heavy (non-hydrogen) atoms. The number of aromatic nitrogens is 1. The van der Waals surface area contributed by atoms with Crippen LogP contribution in [0.4, 0.5) is 11.6 Å². The Kier molecular flexibility index (Phi) is 5.31. The molecule has 0 amide bonds. The monoisotopic (exact) mass is 446 g/mol. The number of methoxy groups -OCH3 is 1. The van der Waals surface area contributed by atoms with Gasteiger partial charge in [-0.3, -0.25) is 0 Å². The summed E-state index contributed by atoms with van der Waals surface area (Å²) in [6.07, 6.45) is 0. The first kappa shape index (κ1) is 19.5. The number of anilines is 2. The number of sulfone groups is 1. The van der Waals surface area contributed by atoms with Gasteiger partial charge in [0, 0.05) is 10.7 Å². The van der Waals surface area contributed by atoms with Crippen LogP contribution < -0.4 is 10.1 Å². The molecule has 0 aliphatic rings. The Morgan fingerprint density at radius 2 is 1.79 bits per heavy atom. The smallest absolute Gasteiger partial charge is 0.240 e. The van der Waals surface area contributed by atoms with Crippen molar-refractivity contribution in [1.29, 1.82) is 0 Å². The first-order valence-electron chi connectivity index (χ1n) is 8.44. The Balaban J connectivity index is 1.79. The van der Waals surface area contributed by atoms with Gasteiger partial charge in [-0.25, -0.2) is 8.42 Å². The summed E-state index contributed by atoms with van der Waals surface area (Å²) in [6, 6.07) is 16.6. The summed E-state index contributed by atoms with van der Waals surface area (Å²) in [7, 11) is -2.36. The minimum Gasteiger partial charge on any atom is -0.497 e. The van der Waals surface area contributed by atoms with Gasteiger partial charge in [0.1, 0.15) is 5.75 Å². The standard InChI is InChI=1S/C20H15ClN2O4S2/c1-26-15-8-6-14(7-9-15)22-19-20(23-18(27-19)17-3-2-12-28-17)29(24,25)16-10-4-13(21)5-11-16/h2-12,22H,1H3. The number of nitrogens with zero attached hydrogens (tertiary/aromatic N) is 1. The summed E-state index contributed by atoms with van der Waals surface area (Å²) in [6.45, 7) is 0. The van der Waals surface area contributed by atoms with Crippen LogP contribution in [0.3, 0.4) is 0 Å². The summed E-state index contributed by atoms with van der Waals surface area (Å²) < 4.78 is 37.4. The van der Waals surface area contributed by atoms with E-state index in [-0.39, 0.29) is 21.7 Å². The van der Waals surface area contributed by atoms with E-state index in [4.69, 9.17) is 20.8 Å². The van der Waals surface area contributed by atoms with Gasteiger partial charge in [-0.15, -0.1) is 11.3 Å². The lowest BCUT2D eigenvalue weighted by atomic mass is 10.3. The van der Waals surface area contributed by atoms with Crippen molar-refractivity contribution in [2.24, 2.45) is 0 Å². The Morgan fingerprint density at radius 1 is 1.07 bits per heavy atom. The maximum absolute atomic E-state index is 13.2. The third kappa shape index (κ3) is 4.00. The summed E-state index contributed by atoms with van der Waals surface area (Å²) >= 11 is 7.30. The van der Waals surface area contributed by atoms with Gasteiger partial charge in [0.05, 0.1) is 16.9 Å². The first-order chi connectivity index (χ1) is 14.0. The van der Waals surface area contributed by atoms with Crippen molar-refractivity contribution in [3.8, 4) is 16.5 Å². The predicted octanol–water partition coefficient (Wildman–Crippen LogP) is 5.64. The number of ether oxygens (including phenoxy) is 1. The minimum absolute atomic E-state index is 0.0357. The van der Waals surface area contributed by atoms with E-state index in [0.717, 1.165) is 4.88 Å². The molecule has 0 saturated heterocycles. The van der Waals surface area contributed by atoms with Crippen LogP contribution in [0.2, 0.25) is 5.02 Å². The molecule has 4 rings (SSSR count). The molecule has 0 aliphatic carbocycles. The predicted molar refractivity (Wildman–Crippen MR) is 113 cm³/mol. The van der Waals surface area contributed by atoms with Crippen LogP contribution >= 0.6 is 22.9 Å². The van der Waals surface area contributed by atoms with Crippen molar-refractivity contribution >= 4 is 44.3 Å². The van der Waals surface area contributed by atoms with Crippen molar-refractivity contribution in [2.45, 2.75) is 9.92 Å². The maximum Gasteiger partial charge on any atom is 0.240 e. The molecule has 0 atom stereocenters. The van der Waals surface area contributed by atoms with E-state index in [9.17, 15) is 8.42 Å². The topological polar surface area (TPSA) is 81.4 Å². The molecular formula is C20H15ClN2O4S2. The van der Waals surface area contributed by atoms with E-state index in [1.807, 2.05) is 17.5 Å². The molecule has 0 spiro atoms. The van der Waals surface area contributed by atoms with E-state index in [1.165, 1.54) is 35.6 Å². The van der Waals surface area contributed by atoms with Gasteiger partial charge in [-0.1, -0.05) is 17.7 Å². The van der Waals surface area contributed by atoms with Gasteiger partial charge in [-0.2, -0.15) is 4.98 Å². The zero-order chi connectivity index (χ0) is 20.4. The van der Waals surface area contributed by atoms with Gasteiger partial charge < -0.3 is 14.5 Å². The fourth-order valence-corrected chi connectivity index (χ4v) is 4.64. The molecule has 0 unspecified atom stereocenters. The molecule has 2 aromatic carbocycles. The molecule has 0 aliphatic heterocycles. The average molecular weight is 447 g/mol. The summed E-state index contributed by atoms with van der Waals surface area (Å²) in [5.74, 6) is 0.943. The van der Waals surface area contributed by atoms with Gasteiger partial charge in [0.25, 0.3) is 0 Å². The first-order valence-corrected chi connectivity index (χ1v) is 11.2. The SMILES string of the molecule is COc1ccc(Nc2oc(-c3cccs3)nc2S(=O)(=O)c2ccc(Cl)cc2)cc1. The molecule has 2 aromatic heterocycles. The van der Waals surface area contributed by atoms with E-state index < -0.39 is 9.84 Å². The van der Waals surface area contributed by atoms with E-state index in [2.05, 4.69) is 10.3 Å². The van der Waals surface area contributed by atoms with Gasteiger partial charge in [-0.05, 0) is 60.0 Å². The molecule has 0 saturated carbocycles. The van der Waals surface area contributed by atoms with Gasteiger partial charge in [0.2, 0.25) is 26.6 Å². The van der Waals surface area contributed by atoms with Crippen molar-refractivity contribution in [2.75, 3.05) is 12.4 Å². The van der Waals surface area contributed by atoms with Crippen LogP contribution in [0.1, 0.15) is 0 Å². The van der Waals surface area contributed by atoms with Gasteiger partial charge in [0.15, 0.2) is 0 Å². The Labute approximate surface area is 176 Å². The third-order valence-electron chi connectivity index (χ3n) is 4.05. The highest BCUT2D eigenvalue weighted by atomic mass is 35.5. The van der Waals surface area contributed by atoms with Crippen LogP contribution in [0.25, 0.3) is 10.8 Å². The number of rotatable bonds is 6. The lowest BCUT2D eigenvalue weighted by Gasteiger charge is -2.07. The summed E-state index contributed by atoms with van der Waals surface area (Å²) in [5, 5.41) is 5.12. The van der Waals surface area contributed by atoms with Crippen molar-refractivity contribution in [3.63, 3.8) is 0 Å². The largest absolute Gasteiger partial charge is 0.497 e. The molecule has 1 N–H and O–H groups in total. The highest BCUT2D eigenvalue weighted by Crippen LogP contribution is 2.35. The number of thiophene rings is 1. The van der Waals surface area contributed by atoms with Gasteiger partial charge >= 0.3 is 0 Å². The highest BCUT2D eigenvalue weighted by Gasteiger charge is 2.29. The van der Waals surface area contributed by atoms with E-state index in [1.54, 1.807) is 31.4 Å². The molecule has 2 heterocycles. The van der Waals surface area contributed by atoms with Crippen LogP contribution in [0.15, 0.2) is 80.4 Å². The second-order valence-electron chi connectivity index (χ2n) is 5.94. The fourth-order valence-electron chi connectivity index (χ4n) is 2.60. The van der Waals surface area contributed by atoms with Crippen LogP contribution in [-0.2, 0) is 9.84 Å².